The Labute approximate surface area is 132 Å². The minimum absolute atomic E-state index is 0.481. The lowest BCUT2D eigenvalue weighted by Crippen LogP contribution is -2.12. The molecular formula is C15H24O5S. The first-order valence-corrected chi connectivity index (χ1v) is 7.41. The Morgan fingerprint density at radius 1 is 0.619 bits per heavy atom. The van der Waals surface area contributed by atoms with Crippen LogP contribution in [0, 0.1) is 0 Å². The first-order valence-electron chi connectivity index (χ1n) is 7.04. The van der Waals surface area contributed by atoms with Gasteiger partial charge in [-0.1, -0.05) is 30.3 Å². The molecule has 0 atom stereocenters. The monoisotopic (exact) mass is 316 g/mol. The first-order chi connectivity index (χ1) is 10.4. The van der Waals surface area contributed by atoms with Crippen LogP contribution in [-0.2, 0) is 29.7 Å². The smallest absolute Gasteiger partial charge is 0.0844 e. The molecular weight excluding hydrogens is 292 g/mol. The summed E-state index contributed by atoms with van der Waals surface area (Å²) in [6, 6.07) is 10.1. The molecule has 1 aromatic rings. The molecule has 0 spiro atoms. The Hall–Kier alpha value is -0.630. The molecule has 0 aliphatic heterocycles. The van der Waals surface area contributed by atoms with Gasteiger partial charge in [-0.05, 0) is 18.5 Å². The van der Waals surface area contributed by atoms with Crippen LogP contribution < -0.4 is 0 Å². The summed E-state index contributed by atoms with van der Waals surface area (Å²) in [6.45, 7) is 5.02. The summed E-state index contributed by atoms with van der Waals surface area (Å²) in [6.07, 6.45) is 0. The molecule has 0 unspecified atom stereocenters. The molecule has 0 fully saturated rings. The Kier molecular flexibility index (Phi) is 12.6. The number of benzene rings is 1. The van der Waals surface area contributed by atoms with E-state index in [1.165, 1.54) is 5.56 Å². The topological polar surface area (TPSA) is 46.2 Å². The molecule has 0 amide bonds. The summed E-state index contributed by atoms with van der Waals surface area (Å²) < 4.78 is 26.0. The molecule has 0 aliphatic carbocycles. The molecule has 1 rings (SSSR count). The van der Waals surface area contributed by atoms with Crippen molar-refractivity contribution < 1.29 is 23.1 Å². The zero-order valence-electron chi connectivity index (χ0n) is 12.2. The number of thiol groups is 1. The Morgan fingerprint density at radius 2 is 1.10 bits per heavy atom. The SMILES string of the molecule is SOCCOCCOCCOCCOCc1ccccc1. The Morgan fingerprint density at radius 3 is 1.62 bits per heavy atom. The zero-order chi connectivity index (χ0) is 15.0. The second kappa shape index (κ2) is 14.3. The van der Waals surface area contributed by atoms with Gasteiger partial charge >= 0.3 is 0 Å². The van der Waals surface area contributed by atoms with Crippen molar-refractivity contribution >= 4 is 12.9 Å². The highest BCUT2D eigenvalue weighted by atomic mass is 32.1. The summed E-state index contributed by atoms with van der Waals surface area (Å²) in [5, 5.41) is 0. The van der Waals surface area contributed by atoms with Crippen LogP contribution in [0.25, 0.3) is 0 Å². The van der Waals surface area contributed by atoms with Gasteiger partial charge in [0.05, 0.1) is 59.5 Å². The fourth-order valence-corrected chi connectivity index (χ4v) is 1.59. The van der Waals surface area contributed by atoms with Gasteiger partial charge in [0, 0.05) is 0 Å². The standard InChI is InChI=1S/C15H24O5S/c21-20-13-12-18-9-8-16-6-7-17-10-11-19-14-15-4-2-1-3-5-15/h1-5,21H,6-14H2. The van der Waals surface area contributed by atoms with E-state index in [4.69, 9.17) is 18.9 Å². The van der Waals surface area contributed by atoms with Crippen molar-refractivity contribution in [1.82, 2.24) is 0 Å². The lowest BCUT2D eigenvalue weighted by atomic mass is 10.2. The summed E-state index contributed by atoms with van der Waals surface area (Å²) >= 11 is 3.61. The van der Waals surface area contributed by atoms with Gasteiger partial charge in [0.25, 0.3) is 0 Å². The van der Waals surface area contributed by atoms with Gasteiger partial charge in [-0.25, -0.2) is 0 Å². The molecule has 0 aliphatic rings. The van der Waals surface area contributed by atoms with Crippen molar-refractivity contribution in [2.45, 2.75) is 6.61 Å². The van der Waals surface area contributed by atoms with Gasteiger partial charge in [-0.2, -0.15) is 0 Å². The van der Waals surface area contributed by atoms with Crippen LogP contribution in [0.5, 0.6) is 0 Å². The summed E-state index contributed by atoms with van der Waals surface area (Å²) in [5.74, 6) is 0. The van der Waals surface area contributed by atoms with Crippen molar-refractivity contribution in [2.75, 3.05) is 52.9 Å². The van der Waals surface area contributed by atoms with Gasteiger partial charge in [-0.3, -0.25) is 0 Å². The molecule has 0 aromatic heterocycles. The minimum atomic E-state index is 0.481. The Balaban J connectivity index is 1.75. The molecule has 21 heavy (non-hydrogen) atoms. The second-order valence-electron chi connectivity index (χ2n) is 4.21. The van der Waals surface area contributed by atoms with Crippen molar-refractivity contribution in [1.29, 1.82) is 0 Å². The predicted octanol–water partition coefficient (Wildman–Crippen LogP) is 2.11. The van der Waals surface area contributed by atoms with Gasteiger partial charge in [-0.15, -0.1) is 0 Å². The van der Waals surface area contributed by atoms with Crippen LogP contribution in [0.4, 0.5) is 0 Å². The van der Waals surface area contributed by atoms with Crippen LogP contribution in [0.2, 0.25) is 0 Å². The summed E-state index contributed by atoms with van der Waals surface area (Å²) in [5.41, 5.74) is 1.17. The van der Waals surface area contributed by atoms with Crippen LogP contribution in [0.1, 0.15) is 5.56 Å². The van der Waals surface area contributed by atoms with E-state index < -0.39 is 0 Å². The molecule has 0 N–H and O–H groups in total. The van der Waals surface area contributed by atoms with Gasteiger partial charge in [0.1, 0.15) is 0 Å². The highest BCUT2D eigenvalue weighted by Gasteiger charge is 1.94. The van der Waals surface area contributed by atoms with Crippen LogP contribution >= 0.6 is 12.9 Å². The quantitative estimate of drug-likeness (QED) is 0.324. The number of hydrogen-bond donors (Lipinski definition) is 1. The fourth-order valence-electron chi connectivity index (χ4n) is 1.52. The average Bonchev–Trinajstić information content (AvgIpc) is 2.53. The summed E-state index contributed by atoms with van der Waals surface area (Å²) in [7, 11) is 0. The van der Waals surface area contributed by atoms with E-state index in [1.807, 2.05) is 30.3 Å². The second-order valence-corrected chi connectivity index (χ2v) is 4.47. The third-order valence-electron chi connectivity index (χ3n) is 2.55. The third-order valence-corrected chi connectivity index (χ3v) is 2.73. The predicted molar refractivity (Wildman–Crippen MR) is 83.5 cm³/mol. The highest BCUT2D eigenvalue weighted by molar-refractivity contribution is 7.75. The van der Waals surface area contributed by atoms with Crippen LogP contribution in [0.15, 0.2) is 30.3 Å². The van der Waals surface area contributed by atoms with E-state index in [2.05, 4.69) is 17.1 Å². The van der Waals surface area contributed by atoms with E-state index >= 15 is 0 Å². The maximum atomic E-state index is 5.50. The maximum absolute atomic E-state index is 5.50. The van der Waals surface area contributed by atoms with E-state index in [9.17, 15) is 0 Å². The lowest BCUT2D eigenvalue weighted by Gasteiger charge is -2.07. The number of rotatable bonds is 14. The Bertz CT molecular complexity index is 323. The zero-order valence-corrected chi connectivity index (χ0v) is 13.1. The third kappa shape index (κ3) is 11.7. The number of ether oxygens (including phenoxy) is 4. The molecule has 0 saturated heterocycles. The highest BCUT2D eigenvalue weighted by Crippen LogP contribution is 1.99. The fraction of sp³-hybridized carbons (Fsp3) is 0.600. The minimum Gasteiger partial charge on any atom is -0.377 e. The average molecular weight is 316 g/mol. The molecule has 0 radical (unpaired) electrons. The van der Waals surface area contributed by atoms with Crippen molar-refractivity contribution in [3.05, 3.63) is 35.9 Å². The van der Waals surface area contributed by atoms with E-state index in [-0.39, 0.29) is 0 Å². The molecule has 6 heteroatoms. The van der Waals surface area contributed by atoms with E-state index in [0.717, 1.165) is 0 Å². The van der Waals surface area contributed by atoms with Gasteiger partial charge in [0.15, 0.2) is 0 Å². The van der Waals surface area contributed by atoms with Crippen molar-refractivity contribution in [2.24, 2.45) is 0 Å². The molecule has 1 aromatic carbocycles. The van der Waals surface area contributed by atoms with Gasteiger partial charge < -0.3 is 23.1 Å². The van der Waals surface area contributed by atoms with E-state index in [1.54, 1.807) is 0 Å². The summed E-state index contributed by atoms with van der Waals surface area (Å²) in [4.78, 5) is 0. The lowest BCUT2D eigenvalue weighted by molar-refractivity contribution is -0.00603. The van der Waals surface area contributed by atoms with Gasteiger partial charge in [0.2, 0.25) is 0 Å². The molecule has 5 nitrogen and oxygen atoms in total. The van der Waals surface area contributed by atoms with Crippen LogP contribution in [-0.4, -0.2) is 52.9 Å². The molecule has 0 saturated carbocycles. The van der Waals surface area contributed by atoms with Crippen LogP contribution in [0.3, 0.4) is 0 Å². The molecule has 120 valence electrons. The maximum Gasteiger partial charge on any atom is 0.0844 e. The largest absolute Gasteiger partial charge is 0.377 e. The first kappa shape index (κ1) is 18.4. The van der Waals surface area contributed by atoms with Crippen molar-refractivity contribution in [3.8, 4) is 0 Å². The van der Waals surface area contributed by atoms with Crippen molar-refractivity contribution in [3.63, 3.8) is 0 Å². The molecule has 0 bridgehead atoms. The number of hydrogen-bond acceptors (Lipinski definition) is 6. The van der Waals surface area contributed by atoms with E-state index in [0.29, 0.717) is 59.5 Å². The molecule has 0 heterocycles. The normalized spacial score (nSPS) is 10.9.